The molecule has 0 aliphatic carbocycles. The van der Waals surface area contributed by atoms with Crippen LogP contribution in [0.2, 0.25) is 0 Å². The number of alkyl halides is 1. The summed E-state index contributed by atoms with van der Waals surface area (Å²) in [6.07, 6.45) is 4.96. The molecule has 6 heteroatoms. The van der Waals surface area contributed by atoms with Gasteiger partial charge in [0.1, 0.15) is 0 Å². The molecule has 0 aromatic rings. The van der Waals surface area contributed by atoms with E-state index in [9.17, 15) is 0 Å². The van der Waals surface area contributed by atoms with Crippen molar-refractivity contribution in [3.8, 4) is 0 Å². The fraction of sp³-hybridized carbons (Fsp3) is 1.00. The molecule has 134 valence electrons. The van der Waals surface area contributed by atoms with Gasteiger partial charge in [0.05, 0.1) is 59.5 Å². The summed E-state index contributed by atoms with van der Waals surface area (Å²) in [5, 5.41) is 0. The monoisotopic (exact) mass is 340 g/mol. The fourth-order valence-corrected chi connectivity index (χ4v) is 1.78. The first kappa shape index (κ1) is 22.1. The predicted molar refractivity (Wildman–Crippen MR) is 89.0 cm³/mol. The minimum atomic E-state index is 0.521. The molecule has 0 unspecified atom stereocenters. The Balaban J connectivity index is 2.91. The van der Waals surface area contributed by atoms with E-state index in [2.05, 4.69) is 6.92 Å². The first-order valence-electron chi connectivity index (χ1n) is 8.36. The second kappa shape index (κ2) is 21.1. The molecule has 22 heavy (non-hydrogen) atoms. The standard InChI is InChI=1S/C16H33ClO5/c1-2-3-4-5-7-18-9-11-20-13-15-22-16-14-21-12-10-19-8-6-17/h2-16H2,1H3. The molecule has 5 nitrogen and oxygen atoms in total. The Morgan fingerprint density at radius 2 is 0.909 bits per heavy atom. The van der Waals surface area contributed by atoms with E-state index in [0.29, 0.717) is 65.3 Å². The molecule has 0 aromatic carbocycles. The van der Waals surface area contributed by atoms with Crippen LogP contribution in [-0.2, 0) is 23.7 Å². The van der Waals surface area contributed by atoms with Gasteiger partial charge in [0, 0.05) is 12.5 Å². The number of ether oxygens (including phenoxy) is 5. The van der Waals surface area contributed by atoms with Gasteiger partial charge in [-0.25, -0.2) is 0 Å². The SMILES string of the molecule is CCCCCCOCCOCCOCCOCCOCCCl. The quantitative estimate of drug-likeness (QED) is 0.267. The molecule has 0 amide bonds. The lowest BCUT2D eigenvalue weighted by Gasteiger charge is -2.07. The molecule has 0 rings (SSSR count). The van der Waals surface area contributed by atoms with Crippen LogP contribution in [0.4, 0.5) is 0 Å². The second-order valence-corrected chi connectivity index (χ2v) is 5.19. The Hall–Kier alpha value is 0.0900. The summed E-state index contributed by atoms with van der Waals surface area (Å²) in [7, 11) is 0. The maximum absolute atomic E-state index is 5.47. The van der Waals surface area contributed by atoms with E-state index in [-0.39, 0.29) is 0 Å². The number of rotatable bonds is 19. The van der Waals surface area contributed by atoms with Crippen LogP contribution in [0.25, 0.3) is 0 Å². The van der Waals surface area contributed by atoms with Crippen LogP contribution < -0.4 is 0 Å². The molecule has 0 aromatic heterocycles. The van der Waals surface area contributed by atoms with E-state index >= 15 is 0 Å². The third-order valence-corrected chi connectivity index (χ3v) is 3.01. The molecule has 0 N–H and O–H groups in total. The van der Waals surface area contributed by atoms with Gasteiger partial charge in [-0.1, -0.05) is 26.2 Å². The van der Waals surface area contributed by atoms with Gasteiger partial charge in [-0.3, -0.25) is 0 Å². The molecular formula is C16H33ClO5. The highest BCUT2D eigenvalue weighted by atomic mass is 35.5. The summed E-state index contributed by atoms with van der Waals surface area (Å²) in [5.41, 5.74) is 0. The maximum atomic E-state index is 5.47. The Kier molecular flexibility index (Phi) is 21.2. The Morgan fingerprint density at radius 1 is 0.500 bits per heavy atom. The maximum Gasteiger partial charge on any atom is 0.0701 e. The number of hydrogen-bond donors (Lipinski definition) is 0. The number of unbranched alkanes of at least 4 members (excludes halogenated alkanes) is 3. The van der Waals surface area contributed by atoms with Crippen LogP contribution in [0.5, 0.6) is 0 Å². The highest BCUT2D eigenvalue weighted by Gasteiger charge is 1.93. The van der Waals surface area contributed by atoms with E-state index in [1.54, 1.807) is 0 Å². The van der Waals surface area contributed by atoms with Crippen LogP contribution in [0.3, 0.4) is 0 Å². The molecule has 0 heterocycles. The average molecular weight is 341 g/mol. The first-order chi connectivity index (χ1) is 10.9. The zero-order chi connectivity index (χ0) is 16.1. The van der Waals surface area contributed by atoms with Gasteiger partial charge in [-0.15, -0.1) is 11.6 Å². The summed E-state index contributed by atoms with van der Waals surface area (Å²) in [6, 6.07) is 0. The van der Waals surface area contributed by atoms with Gasteiger partial charge < -0.3 is 23.7 Å². The van der Waals surface area contributed by atoms with Crippen LogP contribution in [0.1, 0.15) is 32.6 Å². The summed E-state index contributed by atoms with van der Waals surface area (Å²) in [6.45, 7) is 8.40. The molecule has 0 bridgehead atoms. The van der Waals surface area contributed by atoms with E-state index in [1.807, 2.05) is 0 Å². The van der Waals surface area contributed by atoms with Crippen molar-refractivity contribution >= 4 is 11.6 Å². The van der Waals surface area contributed by atoms with Crippen molar-refractivity contribution in [2.45, 2.75) is 32.6 Å². The molecular weight excluding hydrogens is 308 g/mol. The van der Waals surface area contributed by atoms with Crippen LogP contribution in [-0.4, -0.2) is 71.9 Å². The van der Waals surface area contributed by atoms with Gasteiger partial charge in [0.2, 0.25) is 0 Å². The van der Waals surface area contributed by atoms with Crippen LogP contribution in [0, 0.1) is 0 Å². The third-order valence-electron chi connectivity index (χ3n) is 2.85. The molecule has 0 spiro atoms. The number of hydrogen-bond acceptors (Lipinski definition) is 5. The molecule has 0 atom stereocenters. The van der Waals surface area contributed by atoms with E-state index in [0.717, 1.165) is 13.0 Å². The molecule has 0 aliphatic rings. The summed E-state index contributed by atoms with van der Waals surface area (Å²) >= 11 is 5.47. The highest BCUT2D eigenvalue weighted by molar-refractivity contribution is 6.17. The molecule has 0 radical (unpaired) electrons. The van der Waals surface area contributed by atoms with Gasteiger partial charge in [0.25, 0.3) is 0 Å². The highest BCUT2D eigenvalue weighted by Crippen LogP contribution is 1.98. The summed E-state index contributed by atoms with van der Waals surface area (Å²) in [5.74, 6) is 0.521. The fourth-order valence-electron chi connectivity index (χ4n) is 1.67. The van der Waals surface area contributed by atoms with Gasteiger partial charge in [0.15, 0.2) is 0 Å². The van der Waals surface area contributed by atoms with E-state index < -0.39 is 0 Å². The summed E-state index contributed by atoms with van der Waals surface area (Å²) < 4.78 is 26.8. The average Bonchev–Trinajstić information content (AvgIpc) is 2.54. The molecule has 0 fully saturated rings. The topological polar surface area (TPSA) is 46.2 Å². The second-order valence-electron chi connectivity index (χ2n) is 4.81. The van der Waals surface area contributed by atoms with Crippen molar-refractivity contribution in [1.29, 1.82) is 0 Å². The summed E-state index contributed by atoms with van der Waals surface area (Å²) in [4.78, 5) is 0. The van der Waals surface area contributed by atoms with Crippen molar-refractivity contribution < 1.29 is 23.7 Å². The van der Waals surface area contributed by atoms with Crippen molar-refractivity contribution in [1.82, 2.24) is 0 Å². The van der Waals surface area contributed by atoms with Gasteiger partial charge >= 0.3 is 0 Å². The largest absolute Gasteiger partial charge is 0.379 e. The molecule has 0 saturated heterocycles. The van der Waals surface area contributed by atoms with Gasteiger partial charge in [-0.2, -0.15) is 0 Å². The Labute approximate surface area is 140 Å². The van der Waals surface area contributed by atoms with Crippen molar-refractivity contribution in [2.75, 3.05) is 71.9 Å². The van der Waals surface area contributed by atoms with Crippen molar-refractivity contribution in [2.24, 2.45) is 0 Å². The van der Waals surface area contributed by atoms with Crippen LogP contribution >= 0.6 is 11.6 Å². The smallest absolute Gasteiger partial charge is 0.0701 e. The molecule has 0 saturated carbocycles. The van der Waals surface area contributed by atoms with Crippen molar-refractivity contribution in [3.63, 3.8) is 0 Å². The lowest BCUT2D eigenvalue weighted by Crippen LogP contribution is -2.13. The van der Waals surface area contributed by atoms with Gasteiger partial charge in [-0.05, 0) is 6.42 Å². The minimum Gasteiger partial charge on any atom is -0.379 e. The zero-order valence-corrected chi connectivity index (χ0v) is 14.8. The van der Waals surface area contributed by atoms with E-state index in [4.69, 9.17) is 35.3 Å². The lowest BCUT2D eigenvalue weighted by molar-refractivity contribution is -0.0103. The minimum absolute atomic E-state index is 0.521. The predicted octanol–water partition coefficient (Wildman–Crippen LogP) is 2.89. The third kappa shape index (κ3) is 20.1. The zero-order valence-electron chi connectivity index (χ0n) is 14.0. The van der Waals surface area contributed by atoms with Crippen molar-refractivity contribution in [3.05, 3.63) is 0 Å². The Bertz CT molecular complexity index is 175. The number of halogens is 1. The lowest BCUT2D eigenvalue weighted by atomic mass is 10.2. The van der Waals surface area contributed by atoms with E-state index in [1.165, 1.54) is 19.3 Å². The first-order valence-corrected chi connectivity index (χ1v) is 8.90. The van der Waals surface area contributed by atoms with Crippen LogP contribution in [0.15, 0.2) is 0 Å². The normalized spacial score (nSPS) is 11.2. The molecule has 0 aliphatic heterocycles. The Morgan fingerprint density at radius 3 is 1.32 bits per heavy atom.